The molecule has 0 saturated carbocycles. The highest BCUT2D eigenvalue weighted by Crippen LogP contribution is 2.21. The van der Waals surface area contributed by atoms with E-state index in [1.807, 2.05) is 32.0 Å². The topological polar surface area (TPSA) is 29.1 Å². The number of hydrogen-bond acceptors (Lipinski definition) is 2. The minimum atomic E-state index is -0.438. The summed E-state index contributed by atoms with van der Waals surface area (Å²) in [7, 11) is 0. The van der Waals surface area contributed by atoms with Gasteiger partial charge in [-0.05, 0) is 43.2 Å². The van der Waals surface area contributed by atoms with E-state index in [2.05, 4.69) is 17.9 Å². The zero-order valence-electron chi connectivity index (χ0n) is 10.7. The molecule has 0 saturated heterocycles. The van der Waals surface area contributed by atoms with Crippen LogP contribution in [0.2, 0.25) is 0 Å². The number of carbonyl (C=O) groups is 1. The van der Waals surface area contributed by atoms with E-state index in [0.29, 0.717) is 5.56 Å². The fourth-order valence-corrected chi connectivity index (χ4v) is 2.06. The second-order valence-corrected chi connectivity index (χ2v) is 4.87. The Kier molecular flexibility index (Phi) is 3.90. The number of para-hydroxylation sites is 1. The Labute approximate surface area is 117 Å². The highest BCUT2D eigenvalue weighted by atomic mass is 32.1. The van der Waals surface area contributed by atoms with Crippen molar-refractivity contribution in [3.05, 3.63) is 58.9 Å². The third-order valence-electron chi connectivity index (χ3n) is 2.93. The molecule has 19 heavy (non-hydrogen) atoms. The minimum Gasteiger partial charge on any atom is -0.322 e. The number of thiol groups is 1. The minimum absolute atomic E-state index is 0.161. The van der Waals surface area contributed by atoms with E-state index < -0.39 is 5.82 Å². The van der Waals surface area contributed by atoms with Crippen LogP contribution in [0, 0.1) is 19.7 Å². The maximum atomic E-state index is 13.1. The first-order valence-electron chi connectivity index (χ1n) is 5.85. The van der Waals surface area contributed by atoms with Gasteiger partial charge in [0.15, 0.2) is 0 Å². The molecule has 1 N–H and O–H groups in total. The summed E-state index contributed by atoms with van der Waals surface area (Å²) in [6.07, 6.45) is 0. The van der Waals surface area contributed by atoms with Crippen LogP contribution in [0.1, 0.15) is 21.5 Å². The summed E-state index contributed by atoms with van der Waals surface area (Å²) in [5.41, 5.74) is 3.15. The molecule has 2 aromatic rings. The van der Waals surface area contributed by atoms with E-state index in [1.54, 1.807) is 0 Å². The Morgan fingerprint density at radius 3 is 2.37 bits per heavy atom. The normalized spacial score (nSPS) is 10.3. The number of anilines is 1. The van der Waals surface area contributed by atoms with Crippen LogP contribution in [0.15, 0.2) is 41.3 Å². The number of nitrogens with one attached hydrogen (secondary N) is 1. The zero-order chi connectivity index (χ0) is 14.0. The molecule has 0 spiro atoms. The molecule has 0 fully saturated rings. The number of amides is 1. The van der Waals surface area contributed by atoms with Crippen molar-refractivity contribution >= 4 is 24.2 Å². The number of hydrogen-bond donors (Lipinski definition) is 2. The summed E-state index contributed by atoms with van der Waals surface area (Å²) < 4.78 is 13.1. The molecule has 0 aliphatic carbocycles. The molecule has 2 nitrogen and oxygen atoms in total. The maximum absolute atomic E-state index is 13.1. The van der Waals surface area contributed by atoms with Crippen molar-refractivity contribution in [2.24, 2.45) is 0 Å². The Bertz CT molecular complexity index is 620. The molecule has 0 radical (unpaired) electrons. The summed E-state index contributed by atoms with van der Waals surface area (Å²) in [6, 6.07) is 9.89. The Balaban J connectivity index is 2.28. The van der Waals surface area contributed by atoms with Crippen LogP contribution >= 0.6 is 12.6 Å². The average Bonchev–Trinajstić information content (AvgIpc) is 2.37. The number of halogens is 1. The Morgan fingerprint density at radius 1 is 1.16 bits per heavy atom. The maximum Gasteiger partial charge on any atom is 0.255 e. The molecule has 0 unspecified atom stereocenters. The summed E-state index contributed by atoms with van der Waals surface area (Å²) in [6.45, 7) is 3.86. The largest absolute Gasteiger partial charge is 0.322 e. The molecule has 2 rings (SSSR count). The van der Waals surface area contributed by atoms with Gasteiger partial charge in [-0.1, -0.05) is 18.2 Å². The summed E-state index contributed by atoms with van der Waals surface area (Å²) in [4.78, 5) is 12.3. The van der Waals surface area contributed by atoms with Gasteiger partial charge in [-0.3, -0.25) is 4.79 Å². The monoisotopic (exact) mass is 275 g/mol. The molecular weight excluding hydrogens is 261 g/mol. The fourth-order valence-electron chi connectivity index (χ4n) is 1.85. The summed E-state index contributed by atoms with van der Waals surface area (Å²) in [5.74, 6) is -0.709. The first-order chi connectivity index (χ1) is 8.99. The zero-order valence-corrected chi connectivity index (χ0v) is 11.6. The third kappa shape index (κ3) is 2.96. The van der Waals surface area contributed by atoms with Crippen molar-refractivity contribution in [2.45, 2.75) is 18.7 Å². The van der Waals surface area contributed by atoms with Gasteiger partial charge in [-0.2, -0.15) is 0 Å². The van der Waals surface area contributed by atoms with Crippen LogP contribution < -0.4 is 5.32 Å². The van der Waals surface area contributed by atoms with Crippen LogP contribution in [0.4, 0.5) is 10.1 Å². The van der Waals surface area contributed by atoms with Gasteiger partial charge < -0.3 is 5.32 Å². The van der Waals surface area contributed by atoms with Crippen LogP contribution in [0.25, 0.3) is 0 Å². The number of carbonyl (C=O) groups excluding carboxylic acids is 1. The Morgan fingerprint density at radius 2 is 1.79 bits per heavy atom. The standard InChI is InChI=1S/C15H14FNOS/c1-9-4-3-5-10(2)14(9)17-15(18)11-6-7-12(16)13(19)8-11/h3-8,19H,1-2H3,(H,17,18). The second-order valence-electron chi connectivity index (χ2n) is 4.39. The van der Waals surface area contributed by atoms with Crippen LogP contribution in [0.3, 0.4) is 0 Å². The van der Waals surface area contributed by atoms with Gasteiger partial charge in [0, 0.05) is 16.1 Å². The summed E-state index contributed by atoms with van der Waals surface area (Å²) in [5, 5.41) is 2.85. The van der Waals surface area contributed by atoms with E-state index in [0.717, 1.165) is 16.8 Å². The molecule has 1 amide bonds. The number of aryl methyl sites for hydroxylation is 2. The van der Waals surface area contributed by atoms with Crippen LogP contribution in [-0.2, 0) is 0 Å². The van der Waals surface area contributed by atoms with E-state index in [-0.39, 0.29) is 10.8 Å². The second kappa shape index (κ2) is 5.45. The fraction of sp³-hybridized carbons (Fsp3) is 0.133. The summed E-state index contributed by atoms with van der Waals surface area (Å²) >= 11 is 3.97. The predicted octanol–water partition coefficient (Wildman–Crippen LogP) is 3.98. The van der Waals surface area contributed by atoms with Gasteiger partial charge in [-0.15, -0.1) is 12.6 Å². The van der Waals surface area contributed by atoms with Gasteiger partial charge in [0.2, 0.25) is 0 Å². The predicted molar refractivity (Wildman–Crippen MR) is 77.5 cm³/mol. The smallest absolute Gasteiger partial charge is 0.255 e. The first-order valence-corrected chi connectivity index (χ1v) is 6.30. The van der Waals surface area contributed by atoms with Gasteiger partial charge in [0.1, 0.15) is 5.82 Å². The van der Waals surface area contributed by atoms with Crippen LogP contribution in [-0.4, -0.2) is 5.91 Å². The third-order valence-corrected chi connectivity index (χ3v) is 3.27. The van der Waals surface area contributed by atoms with Crippen molar-refractivity contribution < 1.29 is 9.18 Å². The number of rotatable bonds is 2. The van der Waals surface area contributed by atoms with Gasteiger partial charge in [-0.25, -0.2) is 4.39 Å². The molecule has 0 bridgehead atoms. The Hall–Kier alpha value is -1.81. The van der Waals surface area contributed by atoms with E-state index in [4.69, 9.17) is 0 Å². The van der Waals surface area contributed by atoms with Crippen molar-refractivity contribution in [1.82, 2.24) is 0 Å². The molecular formula is C15H14FNOS. The van der Waals surface area contributed by atoms with Crippen molar-refractivity contribution in [1.29, 1.82) is 0 Å². The lowest BCUT2D eigenvalue weighted by Crippen LogP contribution is -2.13. The molecule has 0 aliphatic rings. The SMILES string of the molecule is Cc1cccc(C)c1NC(=O)c1ccc(F)c(S)c1. The highest BCUT2D eigenvalue weighted by Gasteiger charge is 2.11. The lowest BCUT2D eigenvalue weighted by molar-refractivity contribution is 0.102. The molecule has 0 aliphatic heterocycles. The van der Waals surface area contributed by atoms with E-state index >= 15 is 0 Å². The van der Waals surface area contributed by atoms with Gasteiger partial charge in [0.25, 0.3) is 5.91 Å². The van der Waals surface area contributed by atoms with Gasteiger partial charge >= 0.3 is 0 Å². The first kappa shape index (κ1) is 13.6. The van der Waals surface area contributed by atoms with E-state index in [9.17, 15) is 9.18 Å². The quantitative estimate of drug-likeness (QED) is 0.797. The van der Waals surface area contributed by atoms with E-state index in [1.165, 1.54) is 18.2 Å². The lowest BCUT2D eigenvalue weighted by atomic mass is 10.1. The van der Waals surface area contributed by atoms with Gasteiger partial charge in [0.05, 0.1) is 0 Å². The molecule has 0 atom stereocenters. The molecule has 0 aromatic heterocycles. The molecule has 2 aromatic carbocycles. The van der Waals surface area contributed by atoms with Crippen molar-refractivity contribution in [3.63, 3.8) is 0 Å². The molecule has 0 heterocycles. The van der Waals surface area contributed by atoms with Crippen molar-refractivity contribution in [2.75, 3.05) is 5.32 Å². The van der Waals surface area contributed by atoms with Crippen LogP contribution in [0.5, 0.6) is 0 Å². The average molecular weight is 275 g/mol. The molecule has 4 heteroatoms. The number of benzene rings is 2. The van der Waals surface area contributed by atoms with Crippen molar-refractivity contribution in [3.8, 4) is 0 Å². The molecule has 98 valence electrons. The lowest BCUT2D eigenvalue weighted by Gasteiger charge is -2.11. The highest BCUT2D eigenvalue weighted by molar-refractivity contribution is 7.80.